The van der Waals surface area contributed by atoms with Gasteiger partial charge in [0.1, 0.15) is 11.6 Å². The Morgan fingerprint density at radius 1 is 1.08 bits per heavy atom. The summed E-state index contributed by atoms with van der Waals surface area (Å²) in [6, 6.07) is 10.8. The van der Waals surface area contributed by atoms with Crippen molar-refractivity contribution in [1.82, 2.24) is 4.98 Å². The molecule has 0 saturated carbocycles. The van der Waals surface area contributed by atoms with Crippen molar-refractivity contribution < 1.29 is 12.8 Å². The first kappa shape index (κ1) is 18.0. The van der Waals surface area contributed by atoms with Gasteiger partial charge in [0.05, 0.1) is 29.6 Å². The highest BCUT2D eigenvalue weighted by Crippen LogP contribution is 2.24. The molecule has 2 N–H and O–H groups in total. The second kappa shape index (κ2) is 7.21. The predicted molar refractivity (Wildman–Crippen MR) is 102 cm³/mol. The fourth-order valence-electron chi connectivity index (χ4n) is 2.95. The molecule has 6 nitrogen and oxygen atoms in total. The van der Waals surface area contributed by atoms with Crippen LogP contribution in [-0.4, -0.2) is 13.4 Å². The Kier molecular flexibility index (Phi) is 4.99. The molecule has 0 unspecified atom stereocenters. The monoisotopic (exact) mass is 371 g/mol. The highest BCUT2D eigenvalue weighted by molar-refractivity contribution is 7.92. The lowest BCUT2D eigenvalue weighted by Crippen LogP contribution is -2.16. The van der Waals surface area contributed by atoms with Gasteiger partial charge in [-0.05, 0) is 56.2 Å². The van der Waals surface area contributed by atoms with Gasteiger partial charge >= 0.3 is 0 Å². The first-order valence-electron chi connectivity index (χ1n) is 8.18. The number of aryl methyl sites for hydroxylation is 3. The van der Waals surface area contributed by atoms with Gasteiger partial charge in [-0.1, -0.05) is 17.7 Å². The number of benzene rings is 1. The van der Waals surface area contributed by atoms with E-state index in [1.165, 1.54) is 6.20 Å². The number of hydrogen-bond donors (Lipinski definition) is 2. The van der Waals surface area contributed by atoms with Crippen molar-refractivity contribution in [2.24, 2.45) is 0 Å². The molecule has 1 aromatic carbocycles. The fraction of sp³-hybridized carbons (Fsp3) is 0.211. The van der Waals surface area contributed by atoms with Crippen LogP contribution >= 0.6 is 0 Å². The van der Waals surface area contributed by atoms with Crippen LogP contribution in [-0.2, 0) is 16.6 Å². The standard InChI is InChI=1S/C19H21N3O3S/c1-13-9-14(2)19(15(3)10-13)26(23,24)22-16-6-7-18(20-11-16)21-12-17-5-4-8-25-17/h4-11,22H,12H2,1-3H3,(H,20,21). The van der Waals surface area contributed by atoms with Crippen LogP contribution in [0.25, 0.3) is 0 Å². The minimum atomic E-state index is -3.68. The van der Waals surface area contributed by atoms with Crippen LogP contribution in [0.1, 0.15) is 22.5 Å². The molecule has 0 aliphatic heterocycles. The summed E-state index contributed by atoms with van der Waals surface area (Å²) in [5.74, 6) is 1.42. The Balaban J connectivity index is 1.74. The molecule has 0 aliphatic carbocycles. The topological polar surface area (TPSA) is 84.2 Å². The maximum Gasteiger partial charge on any atom is 0.262 e. The zero-order valence-electron chi connectivity index (χ0n) is 14.9. The van der Waals surface area contributed by atoms with Crippen LogP contribution in [0.2, 0.25) is 0 Å². The first-order valence-corrected chi connectivity index (χ1v) is 9.66. The van der Waals surface area contributed by atoms with Crippen LogP contribution in [0.3, 0.4) is 0 Å². The Hall–Kier alpha value is -2.80. The Bertz CT molecular complexity index is 972. The van der Waals surface area contributed by atoms with E-state index in [1.807, 2.05) is 31.2 Å². The third-order valence-electron chi connectivity index (χ3n) is 3.91. The smallest absolute Gasteiger partial charge is 0.262 e. The van der Waals surface area contributed by atoms with Gasteiger partial charge in [-0.2, -0.15) is 0 Å². The van der Waals surface area contributed by atoms with Crippen molar-refractivity contribution in [2.75, 3.05) is 10.0 Å². The molecule has 0 bridgehead atoms. The molecular weight excluding hydrogens is 350 g/mol. The molecule has 136 valence electrons. The van der Waals surface area contributed by atoms with Crippen molar-refractivity contribution in [3.05, 3.63) is 71.3 Å². The van der Waals surface area contributed by atoms with Crippen molar-refractivity contribution in [1.29, 1.82) is 0 Å². The molecule has 0 fully saturated rings. The molecule has 2 aromatic heterocycles. The zero-order valence-corrected chi connectivity index (χ0v) is 15.7. The summed E-state index contributed by atoms with van der Waals surface area (Å²) >= 11 is 0. The number of aromatic nitrogens is 1. The van der Waals surface area contributed by atoms with Gasteiger partial charge < -0.3 is 9.73 Å². The van der Waals surface area contributed by atoms with Gasteiger partial charge in [0, 0.05) is 0 Å². The summed E-state index contributed by atoms with van der Waals surface area (Å²) in [4.78, 5) is 4.54. The minimum Gasteiger partial charge on any atom is -0.467 e. The quantitative estimate of drug-likeness (QED) is 0.684. The Morgan fingerprint density at radius 3 is 2.38 bits per heavy atom. The number of rotatable bonds is 6. The van der Waals surface area contributed by atoms with E-state index in [9.17, 15) is 8.42 Å². The SMILES string of the molecule is Cc1cc(C)c(S(=O)(=O)Nc2ccc(NCc3ccco3)nc2)c(C)c1. The average Bonchev–Trinajstić information content (AvgIpc) is 3.06. The highest BCUT2D eigenvalue weighted by Gasteiger charge is 2.20. The lowest BCUT2D eigenvalue weighted by molar-refractivity contribution is 0.518. The lowest BCUT2D eigenvalue weighted by Gasteiger charge is -2.14. The van der Waals surface area contributed by atoms with E-state index >= 15 is 0 Å². The molecule has 0 aliphatic rings. The maximum absolute atomic E-state index is 12.8. The van der Waals surface area contributed by atoms with Crippen LogP contribution in [0.5, 0.6) is 0 Å². The molecule has 26 heavy (non-hydrogen) atoms. The minimum absolute atomic E-state index is 0.308. The molecule has 3 aromatic rings. The summed E-state index contributed by atoms with van der Waals surface area (Å²) in [5.41, 5.74) is 2.89. The van der Waals surface area contributed by atoms with Crippen LogP contribution in [0.15, 0.2) is 58.2 Å². The van der Waals surface area contributed by atoms with Gasteiger partial charge in [-0.25, -0.2) is 13.4 Å². The van der Waals surface area contributed by atoms with Gasteiger partial charge in [0.2, 0.25) is 0 Å². The number of nitrogens with one attached hydrogen (secondary N) is 2. The normalized spacial score (nSPS) is 11.3. The second-order valence-electron chi connectivity index (χ2n) is 6.20. The van der Waals surface area contributed by atoms with E-state index in [0.717, 1.165) is 22.5 Å². The third-order valence-corrected chi connectivity index (χ3v) is 5.60. The number of nitrogens with zero attached hydrogens (tertiary/aromatic N) is 1. The highest BCUT2D eigenvalue weighted by atomic mass is 32.2. The summed E-state index contributed by atoms with van der Waals surface area (Å²) in [5, 5.41) is 3.11. The van der Waals surface area contributed by atoms with Gasteiger partial charge in [0.15, 0.2) is 0 Å². The van der Waals surface area contributed by atoms with Crippen molar-refractivity contribution >= 4 is 21.5 Å². The van der Waals surface area contributed by atoms with Crippen molar-refractivity contribution in [2.45, 2.75) is 32.2 Å². The van der Waals surface area contributed by atoms with E-state index in [2.05, 4.69) is 15.0 Å². The predicted octanol–water partition coefficient (Wildman–Crippen LogP) is 4.01. The summed E-state index contributed by atoms with van der Waals surface area (Å²) in [6.45, 7) is 6.05. The fourth-order valence-corrected chi connectivity index (χ4v) is 4.45. The number of pyridine rings is 1. The van der Waals surface area contributed by atoms with E-state index in [4.69, 9.17) is 4.42 Å². The van der Waals surface area contributed by atoms with Gasteiger partial charge in [-0.15, -0.1) is 0 Å². The van der Waals surface area contributed by atoms with E-state index in [1.54, 1.807) is 32.2 Å². The first-order chi connectivity index (χ1) is 12.3. The molecule has 2 heterocycles. The van der Waals surface area contributed by atoms with Gasteiger partial charge in [0.25, 0.3) is 10.0 Å². The Morgan fingerprint density at radius 2 is 1.81 bits per heavy atom. The molecule has 0 spiro atoms. The second-order valence-corrected chi connectivity index (χ2v) is 7.82. The van der Waals surface area contributed by atoms with Gasteiger partial charge in [-0.3, -0.25) is 4.72 Å². The lowest BCUT2D eigenvalue weighted by atomic mass is 10.1. The van der Waals surface area contributed by atoms with E-state index in [-0.39, 0.29) is 0 Å². The number of hydrogen-bond acceptors (Lipinski definition) is 5. The maximum atomic E-state index is 12.8. The molecule has 3 rings (SSSR count). The van der Waals surface area contributed by atoms with Crippen LogP contribution < -0.4 is 10.0 Å². The third kappa shape index (κ3) is 4.05. The molecule has 0 saturated heterocycles. The summed E-state index contributed by atoms with van der Waals surface area (Å²) in [6.07, 6.45) is 3.10. The molecule has 0 amide bonds. The van der Waals surface area contributed by atoms with Crippen molar-refractivity contribution in [3.63, 3.8) is 0 Å². The molecule has 0 atom stereocenters. The van der Waals surface area contributed by atoms with E-state index in [0.29, 0.717) is 22.9 Å². The van der Waals surface area contributed by atoms with Crippen LogP contribution in [0, 0.1) is 20.8 Å². The van der Waals surface area contributed by atoms with E-state index < -0.39 is 10.0 Å². The Labute approximate surface area is 153 Å². The zero-order chi connectivity index (χ0) is 18.7. The molecule has 0 radical (unpaired) electrons. The molecular formula is C19H21N3O3S. The van der Waals surface area contributed by atoms with Crippen LogP contribution in [0.4, 0.5) is 11.5 Å². The average molecular weight is 371 g/mol. The molecule has 7 heteroatoms. The largest absolute Gasteiger partial charge is 0.467 e. The van der Waals surface area contributed by atoms with Crippen molar-refractivity contribution in [3.8, 4) is 0 Å². The summed E-state index contributed by atoms with van der Waals surface area (Å²) in [7, 11) is -3.68. The summed E-state index contributed by atoms with van der Waals surface area (Å²) < 4.78 is 33.3. The number of sulfonamides is 1. The number of anilines is 2. The number of furan rings is 1.